The first-order chi connectivity index (χ1) is 10.0. The summed E-state index contributed by atoms with van der Waals surface area (Å²) in [6.07, 6.45) is -1.33. The number of carbonyl (C=O) groups excluding carboxylic acids is 2. The van der Waals surface area contributed by atoms with E-state index in [2.05, 4.69) is 0 Å². The number of carbonyl (C=O) groups is 2. The highest BCUT2D eigenvalue weighted by molar-refractivity contribution is 5.77. The number of hydrogen-bond donors (Lipinski definition) is 1. The van der Waals surface area contributed by atoms with Crippen LogP contribution in [0.4, 0.5) is 0 Å². The third-order valence-corrected chi connectivity index (χ3v) is 4.55. The molecule has 1 N–H and O–H groups in total. The third kappa shape index (κ3) is 2.54. The molecule has 7 atom stereocenters. The van der Waals surface area contributed by atoms with Crippen LogP contribution in [0.15, 0.2) is 0 Å². The van der Waals surface area contributed by atoms with E-state index in [0.29, 0.717) is 6.42 Å². The molecule has 118 valence electrons. The van der Waals surface area contributed by atoms with Gasteiger partial charge >= 0.3 is 11.9 Å². The van der Waals surface area contributed by atoms with Gasteiger partial charge in [0, 0.05) is 5.92 Å². The molecule has 0 aromatic heterocycles. The molecule has 0 saturated carbocycles. The summed E-state index contributed by atoms with van der Waals surface area (Å²) in [5.74, 6) is -1.12. The average Bonchev–Trinajstić information content (AvgIpc) is 3.08. The van der Waals surface area contributed by atoms with Gasteiger partial charge in [-0.15, -0.1) is 0 Å². The fourth-order valence-corrected chi connectivity index (χ4v) is 3.09. The van der Waals surface area contributed by atoms with Crippen molar-refractivity contribution in [3.8, 4) is 0 Å². The van der Waals surface area contributed by atoms with Gasteiger partial charge in [-0.2, -0.15) is 0 Å². The lowest BCUT2D eigenvalue weighted by Crippen LogP contribution is -2.41. The quantitative estimate of drug-likeness (QED) is 0.545. The summed E-state index contributed by atoms with van der Waals surface area (Å²) in [6, 6.07) is 0. The zero-order chi connectivity index (χ0) is 15.1. The van der Waals surface area contributed by atoms with Crippen LogP contribution in [0.1, 0.15) is 26.7 Å². The summed E-state index contributed by atoms with van der Waals surface area (Å²) in [5, 5.41) is 9.65. The first-order valence-corrected chi connectivity index (χ1v) is 7.36. The van der Waals surface area contributed by atoms with E-state index in [1.807, 2.05) is 13.8 Å². The van der Waals surface area contributed by atoms with E-state index in [1.165, 1.54) is 0 Å². The lowest BCUT2D eigenvalue weighted by Gasteiger charge is -2.23. The molecule has 2 bridgehead atoms. The van der Waals surface area contributed by atoms with E-state index < -0.39 is 24.5 Å². The fraction of sp³-hybridized carbons (Fsp3) is 0.857. The van der Waals surface area contributed by atoms with E-state index >= 15 is 0 Å². The van der Waals surface area contributed by atoms with Crippen LogP contribution in [0.2, 0.25) is 0 Å². The SMILES string of the molecule is CCC(C)C(O)OCC(=O)OC1C2CC3C(=O)OC1C3O2. The Morgan fingerprint density at radius 2 is 2.24 bits per heavy atom. The Hall–Kier alpha value is -1.18. The predicted octanol–water partition coefficient (Wildman–Crippen LogP) is -0.00800. The Kier molecular flexibility index (Phi) is 3.90. The topological polar surface area (TPSA) is 91.3 Å². The van der Waals surface area contributed by atoms with Gasteiger partial charge in [0.25, 0.3) is 0 Å². The molecule has 0 aromatic rings. The summed E-state index contributed by atoms with van der Waals surface area (Å²) in [6.45, 7) is 3.43. The van der Waals surface area contributed by atoms with E-state index in [-0.39, 0.29) is 36.6 Å². The maximum Gasteiger partial charge on any atom is 0.332 e. The molecular formula is C14H20O7. The second-order valence-corrected chi connectivity index (χ2v) is 5.92. The van der Waals surface area contributed by atoms with Crippen molar-refractivity contribution < 1.29 is 33.6 Å². The van der Waals surface area contributed by atoms with Crippen molar-refractivity contribution in [1.82, 2.24) is 0 Å². The van der Waals surface area contributed by atoms with Crippen LogP contribution < -0.4 is 0 Å². The van der Waals surface area contributed by atoms with Crippen molar-refractivity contribution in [2.45, 2.75) is 57.4 Å². The number of rotatable bonds is 6. The van der Waals surface area contributed by atoms with Gasteiger partial charge in [-0.25, -0.2) is 4.79 Å². The molecule has 21 heavy (non-hydrogen) atoms. The van der Waals surface area contributed by atoms with E-state index in [4.69, 9.17) is 18.9 Å². The van der Waals surface area contributed by atoms with Gasteiger partial charge in [0.2, 0.25) is 0 Å². The summed E-state index contributed by atoms with van der Waals surface area (Å²) in [7, 11) is 0. The highest BCUT2D eigenvalue weighted by atomic mass is 16.7. The summed E-state index contributed by atoms with van der Waals surface area (Å²) in [4.78, 5) is 23.3. The van der Waals surface area contributed by atoms with E-state index in [1.54, 1.807) is 0 Å². The molecule has 3 heterocycles. The molecule has 3 aliphatic rings. The monoisotopic (exact) mass is 300 g/mol. The number of ether oxygens (including phenoxy) is 4. The Morgan fingerprint density at radius 3 is 2.95 bits per heavy atom. The largest absolute Gasteiger partial charge is 0.455 e. The third-order valence-electron chi connectivity index (χ3n) is 4.55. The molecule has 3 fully saturated rings. The number of hydrogen-bond acceptors (Lipinski definition) is 7. The molecule has 0 spiro atoms. The normalized spacial score (nSPS) is 39.2. The Bertz CT molecular complexity index is 437. The van der Waals surface area contributed by atoms with Crippen molar-refractivity contribution >= 4 is 11.9 Å². The zero-order valence-corrected chi connectivity index (χ0v) is 12.1. The maximum absolute atomic E-state index is 11.8. The molecule has 0 aromatic carbocycles. The van der Waals surface area contributed by atoms with Crippen LogP contribution in [0, 0.1) is 11.8 Å². The van der Waals surface area contributed by atoms with Gasteiger partial charge < -0.3 is 24.1 Å². The lowest BCUT2D eigenvalue weighted by atomic mass is 9.88. The number of aliphatic hydroxyl groups excluding tert-OH is 1. The molecule has 3 saturated heterocycles. The van der Waals surface area contributed by atoms with Crippen LogP contribution in [-0.4, -0.2) is 54.4 Å². The Balaban J connectivity index is 1.49. The highest BCUT2D eigenvalue weighted by Crippen LogP contribution is 2.47. The molecule has 3 aliphatic heterocycles. The minimum Gasteiger partial charge on any atom is -0.455 e. The van der Waals surface area contributed by atoms with E-state index in [0.717, 1.165) is 6.42 Å². The van der Waals surface area contributed by atoms with Gasteiger partial charge in [-0.3, -0.25) is 4.79 Å². The smallest absolute Gasteiger partial charge is 0.332 e. The van der Waals surface area contributed by atoms with Gasteiger partial charge in [0.1, 0.15) is 12.7 Å². The molecular weight excluding hydrogens is 280 g/mol. The molecule has 7 unspecified atom stereocenters. The van der Waals surface area contributed by atoms with Crippen LogP contribution in [-0.2, 0) is 28.5 Å². The van der Waals surface area contributed by atoms with Crippen molar-refractivity contribution in [1.29, 1.82) is 0 Å². The van der Waals surface area contributed by atoms with Crippen molar-refractivity contribution in [3.05, 3.63) is 0 Å². The Labute approximate surface area is 122 Å². The van der Waals surface area contributed by atoms with Crippen LogP contribution in [0.25, 0.3) is 0 Å². The molecule has 7 nitrogen and oxygen atoms in total. The lowest BCUT2D eigenvalue weighted by molar-refractivity contribution is -0.179. The standard InChI is InChI=1S/C14H20O7/c1-3-6(2)13(16)18-5-9(15)20-11-8-4-7-10(19-8)12(11)21-14(7)17/h6-8,10-13,16H,3-5H2,1-2H3. The maximum atomic E-state index is 11.8. The molecule has 0 radical (unpaired) electrons. The van der Waals surface area contributed by atoms with E-state index in [9.17, 15) is 14.7 Å². The van der Waals surface area contributed by atoms with Crippen molar-refractivity contribution in [3.63, 3.8) is 0 Å². The molecule has 0 aliphatic carbocycles. The van der Waals surface area contributed by atoms with Crippen molar-refractivity contribution in [2.75, 3.05) is 6.61 Å². The second-order valence-electron chi connectivity index (χ2n) is 5.92. The number of esters is 2. The minimum atomic E-state index is -0.993. The first kappa shape index (κ1) is 14.7. The van der Waals surface area contributed by atoms with Crippen LogP contribution in [0.5, 0.6) is 0 Å². The fourth-order valence-electron chi connectivity index (χ4n) is 3.09. The van der Waals surface area contributed by atoms with Gasteiger partial charge in [0.15, 0.2) is 18.5 Å². The van der Waals surface area contributed by atoms with Gasteiger partial charge in [-0.05, 0) is 12.8 Å². The number of fused-ring (bicyclic) bond motifs is 1. The second kappa shape index (κ2) is 5.55. The predicted molar refractivity (Wildman–Crippen MR) is 67.9 cm³/mol. The van der Waals surface area contributed by atoms with Crippen LogP contribution in [0.3, 0.4) is 0 Å². The zero-order valence-electron chi connectivity index (χ0n) is 12.1. The van der Waals surface area contributed by atoms with Gasteiger partial charge in [0.05, 0.1) is 12.0 Å². The molecule has 0 amide bonds. The highest BCUT2D eigenvalue weighted by Gasteiger charge is 2.65. The summed E-state index contributed by atoms with van der Waals surface area (Å²) >= 11 is 0. The minimum absolute atomic E-state index is 0.0554. The number of aliphatic hydroxyl groups is 1. The van der Waals surface area contributed by atoms with Crippen LogP contribution >= 0.6 is 0 Å². The summed E-state index contributed by atoms with van der Waals surface area (Å²) < 4.78 is 21.2. The molecule has 3 rings (SSSR count). The summed E-state index contributed by atoms with van der Waals surface area (Å²) in [5.41, 5.74) is 0. The van der Waals surface area contributed by atoms with Crippen molar-refractivity contribution in [2.24, 2.45) is 11.8 Å². The Morgan fingerprint density at radius 1 is 1.48 bits per heavy atom. The molecule has 7 heteroatoms. The van der Waals surface area contributed by atoms with Gasteiger partial charge in [-0.1, -0.05) is 13.8 Å². The average molecular weight is 300 g/mol. The first-order valence-electron chi connectivity index (χ1n) is 7.36.